The van der Waals surface area contributed by atoms with E-state index in [1.807, 2.05) is 12.1 Å². The molecule has 1 atom stereocenters. The van der Waals surface area contributed by atoms with E-state index in [9.17, 15) is 4.79 Å². The van der Waals surface area contributed by atoms with Gasteiger partial charge in [-0.2, -0.15) is 0 Å². The molecule has 0 aliphatic carbocycles. The van der Waals surface area contributed by atoms with Crippen LogP contribution in [0.25, 0.3) is 0 Å². The van der Waals surface area contributed by atoms with Crippen molar-refractivity contribution in [3.63, 3.8) is 0 Å². The lowest BCUT2D eigenvalue weighted by Crippen LogP contribution is -2.28. The third-order valence-electron chi connectivity index (χ3n) is 1.74. The highest BCUT2D eigenvalue weighted by Crippen LogP contribution is 2.15. The van der Waals surface area contributed by atoms with Gasteiger partial charge in [0, 0.05) is 11.5 Å². The quantitative estimate of drug-likeness (QED) is 0.512. The predicted octanol–water partition coefficient (Wildman–Crippen LogP) is 2.06. The smallest absolute Gasteiger partial charge is 0.373 e. The molecule has 1 aromatic carbocycles. The van der Waals surface area contributed by atoms with Crippen LogP contribution >= 0.6 is 22.6 Å². The number of halogens is 1. The first kappa shape index (κ1) is 12.3. The van der Waals surface area contributed by atoms with Crippen LogP contribution in [0, 0.1) is 0 Å². The summed E-state index contributed by atoms with van der Waals surface area (Å²) < 4.78 is 10.7. The number of methoxy groups -OCH3 is 1. The molecule has 1 rings (SSSR count). The Hall–Kier alpha value is -0.820. The molecule has 0 saturated heterocycles. The highest BCUT2D eigenvalue weighted by atomic mass is 127. The number of carbonyl (C=O) groups is 1. The summed E-state index contributed by atoms with van der Waals surface area (Å²) in [6.07, 6.45) is -1.25. The fourth-order valence-electron chi connectivity index (χ4n) is 0.980. The molecule has 1 aromatic rings. The molecular formula is C10H11IO4. The van der Waals surface area contributed by atoms with E-state index in [0.29, 0.717) is 5.75 Å². The highest BCUT2D eigenvalue weighted by molar-refractivity contribution is 14.1. The monoisotopic (exact) mass is 322 g/mol. The van der Waals surface area contributed by atoms with Crippen molar-refractivity contribution in [2.75, 3.05) is 7.11 Å². The number of alkyl halides is 1. The minimum absolute atomic E-state index is 0.484. The van der Waals surface area contributed by atoms with Crippen LogP contribution in [-0.2, 0) is 14.0 Å². The minimum atomic E-state index is -1.25. The molecule has 1 N–H and O–H groups in total. The Labute approximate surface area is 101 Å². The molecule has 0 bridgehead atoms. The van der Waals surface area contributed by atoms with E-state index in [1.165, 1.54) is 7.11 Å². The van der Waals surface area contributed by atoms with Crippen LogP contribution in [0.5, 0.6) is 5.75 Å². The lowest BCUT2D eigenvalue weighted by Gasteiger charge is -2.12. The second-order valence-corrected chi connectivity index (χ2v) is 3.56. The first-order valence-corrected chi connectivity index (χ1v) is 5.77. The maximum absolute atomic E-state index is 10.6. The number of hydrogen-bond acceptors (Lipinski definition) is 3. The Bertz CT molecular complexity index is 323. The van der Waals surface area contributed by atoms with Crippen LogP contribution in [-0.4, -0.2) is 24.5 Å². The molecule has 82 valence electrons. The first-order chi connectivity index (χ1) is 7.17. The summed E-state index contributed by atoms with van der Waals surface area (Å²) in [7, 11) is 1.29. The Morgan fingerprint density at radius 3 is 2.47 bits per heavy atom. The molecule has 0 fully saturated rings. The van der Waals surface area contributed by atoms with Gasteiger partial charge in [0.1, 0.15) is 5.75 Å². The normalized spacial score (nSPS) is 12.1. The molecule has 5 heteroatoms. The van der Waals surface area contributed by atoms with Gasteiger partial charge >= 0.3 is 5.97 Å². The van der Waals surface area contributed by atoms with E-state index in [2.05, 4.69) is 27.3 Å². The molecule has 0 heterocycles. The largest absolute Gasteiger partial charge is 0.477 e. The molecule has 0 aliphatic rings. The number of rotatable bonds is 5. The van der Waals surface area contributed by atoms with Crippen LogP contribution in [0.15, 0.2) is 24.3 Å². The summed E-state index contributed by atoms with van der Waals surface area (Å²) >= 11 is 2.25. The Balaban J connectivity index is 2.67. The number of carboxylic acids is 1. The van der Waals surface area contributed by atoms with E-state index in [1.54, 1.807) is 12.1 Å². The zero-order chi connectivity index (χ0) is 11.3. The summed E-state index contributed by atoms with van der Waals surface area (Å²) in [5.41, 5.74) is 1.16. The summed E-state index contributed by atoms with van der Waals surface area (Å²) in [6, 6.07) is 7.22. The van der Waals surface area contributed by atoms with Crippen molar-refractivity contribution < 1.29 is 19.4 Å². The average Bonchev–Trinajstić information content (AvgIpc) is 2.26. The predicted molar refractivity (Wildman–Crippen MR) is 63.2 cm³/mol. The van der Waals surface area contributed by atoms with Crippen LogP contribution in [0.2, 0.25) is 0 Å². The summed E-state index contributed by atoms with van der Waals surface area (Å²) in [5, 5.41) is 8.68. The van der Waals surface area contributed by atoms with Crippen molar-refractivity contribution >= 4 is 28.6 Å². The summed E-state index contributed by atoms with van der Waals surface area (Å²) in [6.45, 7) is 0. The third kappa shape index (κ3) is 3.67. The van der Waals surface area contributed by atoms with Crippen molar-refractivity contribution in [1.82, 2.24) is 0 Å². The van der Waals surface area contributed by atoms with E-state index < -0.39 is 12.3 Å². The number of carboxylic acid groups (broad SMARTS) is 1. The number of hydrogen-bond donors (Lipinski definition) is 1. The lowest BCUT2D eigenvalue weighted by molar-refractivity contribution is -0.166. The first-order valence-electron chi connectivity index (χ1n) is 4.24. The molecular weight excluding hydrogens is 311 g/mol. The SMILES string of the molecule is COC(Oc1ccc(CI)cc1)C(=O)O. The average molecular weight is 322 g/mol. The Morgan fingerprint density at radius 1 is 1.47 bits per heavy atom. The van der Waals surface area contributed by atoms with Gasteiger partial charge in [0.15, 0.2) is 0 Å². The van der Waals surface area contributed by atoms with Crippen molar-refractivity contribution in [2.24, 2.45) is 0 Å². The molecule has 1 unspecified atom stereocenters. The van der Waals surface area contributed by atoms with Gasteiger partial charge in [0.05, 0.1) is 0 Å². The zero-order valence-electron chi connectivity index (χ0n) is 8.14. The standard InChI is InChI=1S/C10H11IO4/c1-14-10(9(12)13)15-8-4-2-7(6-11)3-5-8/h2-5,10H,6H2,1H3,(H,12,13). The summed E-state index contributed by atoms with van der Waals surface area (Å²) in [5.74, 6) is -0.659. The minimum Gasteiger partial charge on any atom is -0.477 e. The molecule has 0 amide bonds. The van der Waals surface area contributed by atoms with Crippen LogP contribution in [0.1, 0.15) is 5.56 Å². The number of aliphatic carboxylic acids is 1. The molecule has 0 spiro atoms. The van der Waals surface area contributed by atoms with Crippen LogP contribution in [0.4, 0.5) is 0 Å². The highest BCUT2D eigenvalue weighted by Gasteiger charge is 2.17. The molecule has 0 aliphatic heterocycles. The van der Waals surface area contributed by atoms with Gasteiger partial charge in [-0.1, -0.05) is 34.7 Å². The Morgan fingerprint density at radius 2 is 2.07 bits per heavy atom. The van der Waals surface area contributed by atoms with Gasteiger partial charge in [-0.05, 0) is 17.7 Å². The van der Waals surface area contributed by atoms with E-state index in [0.717, 1.165) is 9.99 Å². The van der Waals surface area contributed by atoms with E-state index in [-0.39, 0.29) is 0 Å². The number of benzene rings is 1. The van der Waals surface area contributed by atoms with Crippen molar-refractivity contribution in [1.29, 1.82) is 0 Å². The van der Waals surface area contributed by atoms with Crippen LogP contribution < -0.4 is 4.74 Å². The van der Waals surface area contributed by atoms with Gasteiger partial charge < -0.3 is 14.6 Å². The van der Waals surface area contributed by atoms with Crippen molar-refractivity contribution in [2.45, 2.75) is 10.7 Å². The Kier molecular flexibility index (Phi) is 4.83. The molecule has 4 nitrogen and oxygen atoms in total. The maximum atomic E-state index is 10.6. The van der Waals surface area contributed by atoms with E-state index in [4.69, 9.17) is 9.84 Å². The number of ether oxygens (including phenoxy) is 2. The molecule has 0 saturated carbocycles. The summed E-state index contributed by atoms with van der Waals surface area (Å²) in [4.78, 5) is 10.6. The van der Waals surface area contributed by atoms with Gasteiger partial charge in [0.2, 0.25) is 0 Å². The van der Waals surface area contributed by atoms with Gasteiger partial charge in [-0.3, -0.25) is 0 Å². The van der Waals surface area contributed by atoms with Crippen molar-refractivity contribution in [3.05, 3.63) is 29.8 Å². The van der Waals surface area contributed by atoms with Gasteiger partial charge in [-0.25, -0.2) is 4.79 Å². The maximum Gasteiger partial charge on any atom is 0.373 e. The second-order valence-electron chi connectivity index (χ2n) is 2.80. The fraction of sp³-hybridized carbons (Fsp3) is 0.300. The van der Waals surface area contributed by atoms with E-state index >= 15 is 0 Å². The fourth-order valence-corrected chi connectivity index (χ4v) is 1.49. The van der Waals surface area contributed by atoms with Crippen molar-refractivity contribution in [3.8, 4) is 5.75 Å². The van der Waals surface area contributed by atoms with Gasteiger partial charge in [0.25, 0.3) is 6.29 Å². The zero-order valence-corrected chi connectivity index (χ0v) is 10.3. The molecule has 15 heavy (non-hydrogen) atoms. The second kappa shape index (κ2) is 5.92. The van der Waals surface area contributed by atoms with Gasteiger partial charge in [-0.15, -0.1) is 0 Å². The molecule has 0 aromatic heterocycles. The molecule has 0 radical (unpaired) electrons. The topological polar surface area (TPSA) is 55.8 Å². The third-order valence-corrected chi connectivity index (χ3v) is 2.62. The van der Waals surface area contributed by atoms with Crippen LogP contribution in [0.3, 0.4) is 0 Å². The lowest BCUT2D eigenvalue weighted by atomic mass is 10.2.